The molecule has 0 radical (unpaired) electrons. The van der Waals surface area contributed by atoms with Crippen LogP contribution in [0.5, 0.6) is 17.2 Å². The standard InChI is InChI=1S/C20H23ClN2O5/c1-20(2,12-22-17(26)11-28-13-6-4-3-5-7-13)23-10-16(25)14-8-9-15(24)19(27)18(14)21/h3-9,23-24,27H,10-12H2,1-2H3,(H,22,26). The van der Waals surface area contributed by atoms with Crippen LogP contribution in [-0.2, 0) is 4.79 Å². The van der Waals surface area contributed by atoms with E-state index in [-0.39, 0.29) is 42.0 Å². The lowest BCUT2D eigenvalue weighted by Gasteiger charge is -2.26. The summed E-state index contributed by atoms with van der Waals surface area (Å²) in [5.41, 5.74) is -0.482. The highest BCUT2D eigenvalue weighted by atomic mass is 35.5. The van der Waals surface area contributed by atoms with Gasteiger partial charge in [-0.2, -0.15) is 0 Å². The molecule has 0 spiro atoms. The molecule has 0 aliphatic rings. The predicted octanol–water partition coefficient (Wildman–Crippen LogP) is 2.50. The van der Waals surface area contributed by atoms with Gasteiger partial charge in [0.1, 0.15) is 5.75 Å². The van der Waals surface area contributed by atoms with E-state index in [0.717, 1.165) is 0 Å². The van der Waals surface area contributed by atoms with Crippen LogP contribution in [0.3, 0.4) is 0 Å². The van der Waals surface area contributed by atoms with Crippen LogP contribution in [0.15, 0.2) is 42.5 Å². The molecule has 0 fully saturated rings. The van der Waals surface area contributed by atoms with E-state index in [4.69, 9.17) is 16.3 Å². The van der Waals surface area contributed by atoms with Crippen molar-refractivity contribution in [2.24, 2.45) is 0 Å². The number of phenols is 2. The third-order valence-corrected chi connectivity index (χ3v) is 4.35. The summed E-state index contributed by atoms with van der Waals surface area (Å²) in [6, 6.07) is 11.6. The summed E-state index contributed by atoms with van der Waals surface area (Å²) in [5.74, 6) is -0.953. The first kappa shape index (κ1) is 21.5. The van der Waals surface area contributed by atoms with Crippen LogP contribution in [0, 0.1) is 0 Å². The van der Waals surface area contributed by atoms with E-state index in [1.165, 1.54) is 12.1 Å². The fourth-order valence-corrected chi connectivity index (χ4v) is 2.55. The van der Waals surface area contributed by atoms with Crippen molar-refractivity contribution in [3.63, 3.8) is 0 Å². The Morgan fingerprint density at radius 2 is 1.79 bits per heavy atom. The van der Waals surface area contributed by atoms with Crippen molar-refractivity contribution in [3.05, 3.63) is 53.1 Å². The summed E-state index contributed by atoms with van der Waals surface area (Å²) in [4.78, 5) is 24.3. The summed E-state index contributed by atoms with van der Waals surface area (Å²) >= 11 is 5.90. The normalized spacial score (nSPS) is 11.1. The van der Waals surface area contributed by atoms with Crippen molar-refractivity contribution in [2.75, 3.05) is 19.7 Å². The van der Waals surface area contributed by atoms with Crippen molar-refractivity contribution < 1.29 is 24.5 Å². The minimum absolute atomic E-state index is 0.0622. The average molecular weight is 407 g/mol. The Morgan fingerprint density at radius 3 is 2.46 bits per heavy atom. The molecule has 2 aromatic rings. The highest BCUT2D eigenvalue weighted by molar-refractivity contribution is 6.35. The number of halogens is 1. The molecule has 2 aromatic carbocycles. The van der Waals surface area contributed by atoms with Gasteiger partial charge in [0, 0.05) is 17.6 Å². The fraction of sp³-hybridized carbons (Fsp3) is 0.300. The highest BCUT2D eigenvalue weighted by Crippen LogP contribution is 2.35. The number of benzene rings is 2. The monoisotopic (exact) mass is 406 g/mol. The number of ketones is 1. The molecule has 28 heavy (non-hydrogen) atoms. The lowest BCUT2D eigenvalue weighted by Crippen LogP contribution is -2.51. The Morgan fingerprint density at radius 1 is 1.11 bits per heavy atom. The van der Waals surface area contributed by atoms with Crippen molar-refractivity contribution >= 4 is 23.3 Å². The van der Waals surface area contributed by atoms with Crippen molar-refractivity contribution in [1.82, 2.24) is 10.6 Å². The van der Waals surface area contributed by atoms with Crippen molar-refractivity contribution in [3.8, 4) is 17.2 Å². The Bertz CT molecular complexity index is 840. The van der Waals surface area contributed by atoms with E-state index < -0.39 is 17.0 Å². The summed E-state index contributed by atoms with van der Waals surface area (Å²) in [5, 5.41) is 24.6. The Labute approximate surface area is 168 Å². The molecule has 150 valence electrons. The molecule has 0 aliphatic heterocycles. The maximum absolute atomic E-state index is 12.3. The topological polar surface area (TPSA) is 108 Å². The molecule has 8 heteroatoms. The van der Waals surface area contributed by atoms with Crippen molar-refractivity contribution in [2.45, 2.75) is 19.4 Å². The average Bonchev–Trinajstić information content (AvgIpc) is 2.68. The van der Waals surface area contributed by atoms with Gasteiger partial charge in [0.25, 0.3) is 5.91 Å². The molecule has 0 atom stereocenters. The fourth-order valence-electron chi connectivity index (χ4n) is 2.28. The quantitative estimate of drug-likeness (QED) is 0.376. The number of carbonyl (C=O) groups excluding carboxylic acids is 2. The van der Waals surface area contributed by atoms with Crippen molar-refractivity contribution in [1.29, 1.82) is 0 Å². The van der Waals surface area contributed by atoms with Crippen LogP contribution in [0.25, 0.3) is 0 Å². The van der Waals surface area contributed by atoms with Crippen LogP contribution in [-0.4, -0.2) is 47.1 Å². The molecule has 0 heterocycles. The molecule has 4 N–H and O–H groups in total. The summed E-state index contributed by atoms with van der Waals surface area (Å²) in [7, 11) is 0. The molecular weight excluding hydrogens is 384 g/mol. The molecule has 0 aliphatic carbocycles. The number of ether oxygens (including phenoxy) is 1. The predicted molar refractivity (Wildman–Crippen MR) is 106 cm³/mol. The van der Waals surface area contributed by atoms with Gasteiger partial charge in [-0.3, -0.25) is 9.59 Å². The number of aromatic hydroxyl groups is 2. The number of carbonyl (C=O) groups is 2. The van der Waals surface area contributed by atoms with Gasteiger partial charge < -0.3 is 25.6 Å². The molecule has 2 rings (SSSR count). The molecule has 1 amide bonds. The van der Waals surface area contributed by atoms with Crippen LogP contribution >= 0.6 is 11.6 Å². The summed E-state index contributed by atoms with van der Waals surface area (Å²) in [6.45, 7) is 3.75. The number of para-hydroxylation sites is 1. The maximum atomic E-state index is 12.3. The number of hydrogen-bond acceptors (Lipinski definition) is 6. The van der Waals surface area contributed by atoms with Crippen LogP contribution in [0.1, 0.15) is 24.2 Å². The summed E-state index contributed by atoms with van der Waals surface area (Å²) < 4.78 is 5.38. The van der Waals surface area contributed by atoms with Gasteiger partial charge in [0.05, 0.1) is 11.6 Å². The van der Waals surface area contributed by atoms with E-state index in [2.05, 4.69) is 10.6 Å². The highest BCUT2D eigenvalue weighted by Gasteiger charge is 2.22. The van der Waals surface area contributed by atoms with Gasteiger partial charge in [-0.05, 0) is 38.1 Å². The lowest BCUT2D eigenvalue weighted by atomic mass is 10.0. The summed E-state index contributed by atoms with van der Waals surface area (Å²) in [6.07, 6.45) is 0. The first-order valence-corrected chi connectivity index (χ1v) is 9.00. The molecule has 0 saturated heterocycles. The number of rotatable bonds is 9. The first-order chi connectivity index (χ1) is 13.2. The minimum Gasteiger partial charge on any atom is -0.504 e. The second-order valence-corrected chi connectivity index (χ2v) is 7.21. The van der Waals surface area contributed by atoms with E-state index in [1.807, 2.05) is 32.0 Å². The third-order valence-electron chi connectivity index (χ3n) is 3.96. The zero-order valence-electron chi connectivity index (χ0n) is 15.7. The molecule has 0 unspecified atom stereocenters. The van der Waals surface area contributed by atoms with E-state index >= 15 is 0 Å². The van der Waals surface area contributed by atoms with E-state index in [1.54, 1.807) is 12.1 Å². The van der Waals surface area contributed by atoms with Gasteiger partial charge >= 0.3 is 0 Å². The van der Waals surface area contributed by atoms with E-state index in [9.17, 15) is 19.8 Å². The number of hydrogen-bond donors (Lipinski definition) is 4. The number of phenolic OH excluding ortho intramolecular Hbond substituents is 2. The molecule has 0 bridgehead atoms. The van der Waals surface area contributed by atoms with Crippen LogP contribution in [0.2, 0.25) is 5.02 Å². The SMILES string of the molecule is CC(C)(CNC(=O)COc1ccccc1)NCC(=O)c1ccc(O)c(O)c1Cl. The lowest BCUT2D eigenvalue weighted by molar-refractivity contribution is -0.123. The van der Waals surface area contributed by atoms with Gasteiger partial charge in [-0.25, -0.2) is 0 Å². The Hall–Kier alpha value is -2.77. The number of nitrogens with one attached hydrogen (secondary N) is 2. The smallest absolute Gasteiger partial charge is 0.258 e. The van der Waals surface area contributed by atoms with Gasteiger partial charge in [0.2, 0.25) is 0 Å². The van der Waals surface area contributed by atoms with Gasteiger partial charge in [-0.15, -0.1) is 0 Å². The molecule has 0 saturated carbocycles. The maximum Gasteiger partial charge on any atom is 0.258 e. The largest absolute Gasteiger partial charge is 0.504 e. The second-order valence-electron chi connectivity index (χ2n) is 6.83. The molecular formula is C20H23ClN2O5. The van der Waals surface area contributed by atoms with Crippen LogP contribution < -0.4 is 15.4 Å². The zero-order valence-corrected chi connectivity index (χ0v) is 16.4. The number of Topliss-reactive ketones (excluding diaryl/α,β-unsaturated/α-hetero) is 1. The Kier molecular flexibility index (Phi) is 7.25. The van der Waals surface area contributed by atoms with Gasteiger partial charge in [0.15, 0.2) is 23.9 Å². The van der Waals surface area contributed by atoms with Gasteiger partial charge in [-0.1, -0.05) is 29.8 Å². The van der Waals surface area contributed by atoms with Crippen LogP contribution in [0.4, 0.5) is 0 Å². The molecule has 7 nitrogen and oxygen atoms in total. The Balaban J connectivity index is 1.80. The molecule has 0 aromatic heterocycles. The third kappa shape index (κ3) is 6.14. The minimum atomic E-state index is -0.580. The second kappa shape index (κ2) is 9.43. The number of amides is 1. The first-order valence-electron chi connectivity index (χ1n) is 8.63. The van der Waals surface area contributed by atoms with E-state index in [0.29, 0.717) is 5.75 Å². The zero-order chi connectivity index (χ0) is 20.7.